The normalized spacial score (nSPS) is 23.2. The van der Waals surface area contributed by atoms with Gasteiger partial charge >= 0.3 is 0 Å². The Morgan fingerprint density at radius 1 is 1.07 bits per heavy atom. The van der Waals surface area contributed by atoms with E-state index in [1.807, 2.05) is 0 Å². The predicted octanol–water partition coefficient (Wildman–Crippen LogP) is 2.59. The molecule has 2 nitrogen and oxygen atoms in total. The van der Waals surface area contributed by atoms with Gasteiger partial charge in [0.2, 0.25) is 0 Å². The van der Waals surface area contributed by atoms with Gasteiger partial charge in [0.15, 0.2) is 0 Å². The van der Waals surface area contributed by atoms with E-state index in [1.54, 1.807) is 0 Å². The first-order valence-corrected chi connectivity index (χ1v) is 6.45. The molecule has 90 valence electrons. The summed E-state index contributed by atoms with van der Waals surface area (Å²) in [7, 11) is 0. The zero-order chi connectivity index (χ0) is 11.6. The lowest BCUT2D eigenvalue weighted by molar-refractivity contribution is 0.0136. The van der Waals surface area contributed by atoms with E-state index in [2.05, 4.69) is 51.3 Å². The molecule has 0 unspecified atom stereocenters. The summed E-state index contributed by atoms with van der Waals surface area (Å²) in [6.07, 6.45) is 1.38. The summed E-state index contributed by atoms with van der Waals surface area (Å²) in [6.45, 7) is 16.4. The van der Waals surface area contributed by atoms with Crippen LogP contribution in [0.15, 0.2) is 0 Å². The Labute approximate surface area is 95.6 Å². The molecule has 0 aliphatic carbocycles. The number of likely N-dealkylation sites (tertiary alicyclic amines) is 1. The zero-order valence-corrected chi connectivity index (χ0v) is 11.3. The average molecular weight is 212 g/mol. The van der Waals surface area contributed by atoms with Gasteiger partial charge in [-0.3, -0.25) is 9.80 Å². The second kappa shape index (κ2) is 5.31. The van der Waals surface area contributed by atoms with Crippen LogP contribution in [0, 0.1) is 0 Å². The van der Waals surface area contributed by atoms with E-state index >= 15 is 0 Å². The van der Waals surface area contributed by atoms with Crippen LogP contribution in [0.3, 0.4) is 0 Å². The summed E-state index contributed by atoms with van der Waals surface area (Å²) in [6, 6.07) is 2.85. The molecule has 1 heterocycles. The van der Waals surface area contributed by atoms with Crippen molar-refractivity contribution in [3.05, 3.63) is 0 Å². The van der Waals surface area contributed by atoms with Gasteiger partial charge in [-0.05, 0) is 48.0 Å². The van der Waals surface area contributed by atoms with Crippen molar-refractivity contribution in [1.82, 2.24) is 9.80 Å². The number of rotatable bonds is 5. The molecule has 0 radical (unpaired) electrons. The molecule has 1 aliphatic heterocycles. The highest BCUT2D eigenvalue weighted by molar-refractivity contribution is 4.88. The first-order chi connectivity index (χ1) is 6.93. The molecule has 1 atom stereocenters. The summed E-state index contributed by atoms with van der Waals surface area (Å²) in [4.78, 5) is 5.23. The van der Waals surface area contributed by atoms with E-state index in [0.29, 0.717) is 18.1 Å². The molecule has 2 heteroatoms. The Kier molecular flexibility index (Phi) is 4.60. The lowest BCUT2D eigenvalue weighted by atomic mass is 9.99. The largest absolute Gasteiger partial charge is 0.297 e. The molecule has 0 bridgehead atoms. The van der Waals surface area contributed by atoms with Crippen LogP contribution in [0.25, 0.3) is 0 Å². The fourth-order valence-corrected chi connectivity index (χ4v) is 2.60. The molecule has 0 saturated carbocycles. The molecular weight excluding hydrogens is 184 g/mol. The number of hydrogen-bond acceptors (Lipinski definition) is 2. The Morgan fingerprint density at radius 2 is 1.60 bits per heavy atom. The van der Waals surface area contributed by atoms with Crippen LogP contribution in [-0.2, 0) is 0 Å². The van der Waals surface area contributed by atoms with Crippen molar-refractivity contribution >= 4 is 0 Å². The molecular formula is C13H28N2. The molecule has 1 saturated heterocycles. The van der Waals surface area contributed by atoms with Gasteiger partial charge in [-0.25, -0.2) is 0 Å². The Morgan fingerprint density at radius 3 is 1.87 bits per heavy atom. The summed E-state index contributed by atoms with van der Waals surface area (Å²) in [5, 5.41) is 0. The third-order valence-electron chi connectivity index (χ3n) is 3.60. The number of hydrogen-bond donors (Lipinski definition) is 0. The highest BCUT2D eigenvalue weighted by Gasteiger charge is 2.32. The predicted molar refractivity (Wildman–Crippen MR) is 67.2 cm³/mol. The van der Waals surface area contributed by atoms with Crippen molar-refractivity contribution in [3.8, 4) is 0 Å². The highest BCUT2D eigenvalue weighted by Crippen LogP contribution is 2.22. The second-order valence-electron chi connectivity index (χ2n) is 5.66. The van der Waals surface area contributed by atoms with E-state index in [9.17, 15) is 0 Å². The van der Waals surface area contributed by atoms with Crippen molar-refractivity contribution in [2.24, 2.45) is 0 Å². The van der Waals surface area contributed by atoms with Crippen LogP contribution < -0.4 is 0 Å². The van der Waals surface area contributed by atoms with Gasteiger partial charge in [0.1, 0.15) is 0 Å². The van der Waals surface area contributed by atoms with Crippen molar-refractivity contribution in [1.29, 1.82) is 0 Å². The molecule has 0 aromatic heterocycles. The molecule has 0 spiro atoms. The van der Waals surface area contributed by atoms with Crippen molar-refractivity contribution in [2.75, 3.05) is 13.1 Å². The third-order valence-corrected chi connectivity index (χ3v) is 3.60. The fraction of sp³-hybridized carbons (Fsp3) is 1.00. The van der Waals surface area contributed by atoms with Gasteiger partial charge < -0.3 is 0 Å². The van der Waals surface area contributed by atoms with Crippen LogP contribution in [0.1, 0.15) is 48.0 Å². The lowest BCUT2D eigenvalue weighted by Gasteiger charge is -2.47. The monoisotopic (exact) mass is 212 g/mol. The molecule has 15 heavy (non-hydrogen) atoms. The molecule has 0 amide bonds. The molecule has 0 aromatic rings. The van der Waals surface area contributed by atoms with E-state index in [1.165, 1.54) is 19.5 Å². The second-order valence-corrected chi connectivity index (χ2v) is 5.66. The minimum Gasteiger partial charge on any atom is -0.297 e. The topological polar surface area (TPSA) is 6.48 Å². The Bertz CT molecular complexity index is 179. The van der Waals surface area contributed by atoms with Gasteiger partial charge in [-0.15, -0.1) is 0 Å². The standard InChI is InChI=1S/C13H28N2/c1-10(2)14-8-7-13(14)9-15(11(3)4)12(5)6/h10-13H,7-9H2,1-6H3/t13-/m0/s1. The van der Waals surface area contributed by atoms with Gasteiger partial charge in [0.05, 0.1) is 0 Å². The van der Waals surface area contributed by atoms with Crippen molar-refractivity contribution < 1.29 is 0 Å². The summed E-state index contributed by atoms with van der Waals surface area (Å²) in [5.74, 6) is 0. The van der Waals surface area contributed by atoms with Crippen LogP contribution in [0.2, 0.25) is 0 Å². The summed E-state index contributed by atoms with van der Waals surface area (Å²) in [5.41, 5.74) is 0. The number of nitrogens with zero attached hydrogens (tertiary/aromatic N) is 2. The highest BCUT2D eigenvalue weighted by atomic mass is 15.3. The molecule has 0 aromatic carbocycles. The van der Waals surface area contributed by atoms with Crippen LogP contribution in [0.4, 0.5) is 0 Å². The average Bonchev–Trinajstić information content (AvgIpc) is 1.99. The van der Waals surface area contributed by atoms with Crippen molar-refractivity contribution in [3.63, 3.8) is 0 Å². The molecule has 1 rings (SSSR count). The zero-order valence-electron chi connectivity index (χ0n) is 11.3. The van der Waals surface area contributed by atoms with Crippen LogP contribution in [-0.4, -0.2) is 47.1 Å². The van der Waals surface area contributed by atoms with Gasteiger partial charge in [0, 0.05) is 37.3 Å². The first-order valence-electron chi connectivity index (χ1n) is 6.45. The molecule has 1 aliphatic rings. The summed E-state index contributed by atoms with van der Waals surface area (Å²) >= 11 is 0. The van der Waals surface area contributed by atoms with E-state index in [-0.39, 0.29) is 0 Å². The van der Waals surface area contributed by atoms with E-state index in [0.717, 1.165) is 6.04 Å². The molecule has 0 N–H and O–H groups in total. The van der Waals surface area contributed by atoms with Gasteiger partial charge in [-0.2, -0.15) is 0 Å². The minimum atomic E-state index is 0.666. The quantitative estimate of drug-likeness (QED) is 0.691. The van der Waals surface area contributed by atoms with Crippen molar-refractivity contribution in [2.45, 2.75) is 72.1 Å². The van der Waals surface area contributed by atoms with E-state index < -0.39 is 0 Å². The van der Waals surface area contributed by atoms with Crippen LogP contribution in [0.5, 0.6) is 0 Å². The summed E-state index contributed by atoms with van der Waals surface area (Å²) < 4.78 is 0. The first kappa shape index (κ1) is 13.0. The van der Waals surface area contributed by atoms with Crippen LogP contribution >= 0.6 is 0 Å². The maximum atomic E-state index is 2.62. The van der Waals surface area contributed by atoms with Gasteiger partial charge in [-0.1, -0.05) is 0 Å². The lowest BCUT2D eigenvalue weighted by Crippen LogP contribution is -2.57. The maximum Gasteiger partial charge on any atom is 0.0238 e. The Hall–Kier alpha value is -0.0800. The SMILES string of the molecule is CC(C)N(C[C@@H]1CCN1C(C)C)C(C)C. The maximum absolute atomic E-state index is 2.62. The fourth-order valence-electron chi connectivity index (χ4n) is 2.60. The minimum absolute atomic E-state index is 0.666. The smallest absolute Gasteiger partial charge is 0.0238 e. The Balaban J connectivity index is 2.45. The molecule has 1 fully saturated rings. The third kappa shape index (κ3) is 3.18. The van der Waals surface area contributed by atoms with E-state index in [4.69, 9.17) is 0 Å². The van der Waals surface area contributed by atoms with Gasteiger partial charge in [0.25, 0.3) is 0 Å².